The average Bonchev–Trinajstić information content (AvgIpc) is 2.95. The second-order valence-corrected chi connectivity index (χ2v) is 21.1. The number of hydrogen-bond acceptors (Lipinski definition) is 9. The van der Waals surface area contributed by atoms with Crippen molar-refractivity contribution in [2.45, 2.75) is 96.3 Å². The van der Waals surface area contributed by atoms with Crippen LogP contribution in [-0.2, 0) is 21.0 Å². The van der Waals surface area contributed by atoms with Gasteiger partial charge in [-0.1, -0.05) is 32.4 Å². The molecule has 0 radical (unpaired) electrons. The molecule has 1 aromatic carbocycles. The van der Waals surface area contributed by atoms with Crippen LogP contribution in [0, 0.1) is 15.9 Å². The maximum Gasteiger partial charge on any atom is 0.295 e. The zero-order valence-electron chi connectivity index (χ0n) is 28.8. The molecule has 0 aliphatic rings. The number of methoxy groups -OCH3 is 1. The number of nitrogens with zero attached hydrogens (tertiary/aromatic N) is 5. The molecule has 0 spiro atoms. The fourth-order valence-electron chi connectivity index (χ4n) is 4.40. The van der Waals surface area contributed by atoms with Crippen molar-refractivity contribution >= 4 is 48.5 Å². The molecule has 3 aromatic rings. The Kier molecular flexibility index (Phi) is 11.7. The molecule has 0 fully saturated rings. The molecule has 0 saturated heterocycles. The van der Waals surface area contributed by atoms with Crippen LogP contribution in [-0.4, -0.2) is 50.5 Å². The Labute approximate surface area is 284 Å². The van der Waals surface area contributed by atoms with E-state index in [1.165, 1.54) is 38.0 Å². The number of nitro benzene ring substituents is 1. The summed E-state index contributed by atoms with van der Waals surface area (Å²) in [5.74, 6) is -0.0348. The van der Waals surface area contributed by atoms with Crippen LogP contribution in [0.15, 0.2) is 41.2 Å². The minimum atomic E-state index is -2.18. The number of pyridine rings is 1. The normalized spacial score (nSPS) is 14.2. The molecule has 3 rings (SSSR count). The highest BCUT2D eigenvalue weighted by Crippen LogP contribution is 2.42. The van der Waals surface area contributed by atoms with Gasteiger partial charge in [-0.3, -0.25) is 10.1 Å². The van der Waals surface area contributed by atoms with Gasteiger partial charge < -0.3 is 14.5 Å². The summed E-state index contributed by atoms with van der Waals surface area (Å²) < 4.78 is 43.8. The van der Waals surface area contributed by atoms with Crippen molar-refractivity contribution in [3.05, 3.63) is 69.3 Å². The largest absolute Gasteiger partial charge is 0.496 e. The molecule has 1 unspecified atom stereocenters. The van der Waals surface area contributed by atoms with E-state index in [1.807, 2.05) is 13.8 Å². The Morgan fingerprint density at radius 1 is 1.13 bits per heavy atom. The Balaban J connectivity index is 2.08. The first-order valence-corrected chi connectivity index (χ1v) is 19.4. The van der Waals surface area contributed by atoms with Crippen LogP contribution in [0.5, 0.6) is 5.75 Å². The van der Waals surface area contributed by atoms with Crippen LogP contribution in [0.4, 0.5) is 15.8 Å². The number of nitro groups is 1. The Morgan fingerprint density at radius 2 is 1.74 bits per heavy atom. The fraction of sp³-hybridized carbons (Fsp3) is 0.500. The minimum absolute atomic E-state index is 0.00520. The van der Waals surface area contributed by atoms with Crippen molar-refractivity contribution in [1.29, 1.82) is 0 Å². The van der Waals surface area contributed by atoms with E-state index < -0.39 is 52.1 Å². The number of hydrogen-bond donors (Lipinski definition) is 1. The highest BCUT2D eigenvalue weighted by Gasteiger charge is 2.43. The first kappa shape index (κ1) is 38.1. The van der Waals surface area contributed by atoms with E-state index in [0.717, 1.165) is 6.07 Å². The molecule has 1 N–H and O–H groups in total. The van der Waals surface area contributed by atoms with Gasteiger partial charge in [0.05, 0.1) is 34.5 Å². The zero-order valence-corrected chi connectivity index (χ0v) is 31.3. The summed E-state index contributed by atoms with van der Waals surface area (Å²) in [6, 6.07) is 2.98. The van der Waals surface area contributed by atoms with Gasteiger partial charge in [0.25, 0.3) is 5.69 Å². The van der Waals surface area contributed by atoms with E-state index in [2.05, 4.69) is 58.5 Å². The Morgan fingerprint density at radius 3 is 2.28 bits per heavy atom. The summed E-state index contributed by atoms with van der Waals surface area (Å²) in [5, 5.41) is 15.3. The van der Waals surface area contributed by atoms with Gasteiger partial charge in [-0.2, -0.15) is 4.40 Å². The molecule has 256 valence electrons. The van der Waals surface area contributed by atoms with E-state index in [1.54, 1.807) is 26.8 Å². The van der Waals surface area contributed by atoms with Crippen LogP contribution < -0.4 is 10.1 Å². The third kappa shape index (κ3) is 9.18. The molecule has 47 heavy (non-hydrogen) atoms. The van der Waals surface area contributed by atoms with Crippen molar-refractivity contribution in [2.75, 3.05) is 12.4 Å². The van der Waals surface area contributed by atoms with Gasteiger partial charge in [0.15, 0.2) is 14.1 Å². The molecule has 0 aliphatic carbocycles. The van der Waals surface area contributed by atoms with Crippen molar-refractivity contribution in [3.63, 3.8) is 0 Å². The lowest BCUT2D eigenvalue weighted by molar-refractivity contribution is -0.384. The van der Waals surface area contributed by atoms with Gasteiger partial charge in [-0.25, -0.2) is 23.6 Å². The second-order valence-electron chi connectivity index (χ2n) is 14.1. The maximum atomic E-state index is 15.5. The van der Waals surface area contributed by atoms with Crippen molar-refractivity contribution < 1.29 is 22.7 Å². The number of anilines is 1. The molecule has 0 aliphatic heterocycles. The summed E-state index contributed by atoms with van der Waals surface area (Å²) in [5.41, 5.74) is -0.584. The number of nitrogens with one attached hydrogen (secondary N) is 1. The van der Waals surface area contributed by atoms with Gasteiger partial charge in [0, 0.05) is 42.4 Å². The van der Waals surface area contributed by atoms with Crippen LogP contribution in [0.25, 0.3) is 11.1 Å². The molecule has 11 nitrogen and oxygen atoms in total. The van der Waals surface area contributed by atoms with Crippen LogP contribution in [0.1, 0.15) is 79.2 Å². The third-order valence-electron chi connectivity index (χ3n) is 7.93. The van der Waals surface area contributed by atoms with E-state index in [9.17, 15) is 14.3 Å². The summed E-state index contributed by atoms with van der Waals surface area (Å²) in [7, 11) is -2.27. The molecule has 0 saturated carbocycles. The third-order valence-corrected chi connectivity index (χ3v) is 14.3. The first-order valence-electron chi connectivity index (χ1n) is 15.0. The van der Waals surface area contributed by atoms with Gasteiger partial charge >= 0.3 is 0 Å². The van der Waals surface area contributed by atoms with Crippen molar-refractivity contribution in [3.8, 4) is 16.9 Å². The van der Waals surface area contributed by atoms with E-state index in [4.69, 9.17) is 20.8 Å². The molecular weight excluding hydrogens is 663 g/mol. The highest BCUT2D eigenvalue weighted by molar-refractivity contribution is 7.85. The topological polar surface area (TPSA) is 142 Å². The predicted molar refractivity (Wildman–Crippen MR) is 189 cm³/mol. The second kappa shape index (κ2) is 14.4. The summed E-state index contributed by atoms with van der Waals surface area (Å²) in [6.07, 6.45) is 5.96. The molecular formula is C32H44ClFN6O5SSi. The molecule has 0 bridgehead atoms. The highest BCUT2D eigenvalue weighted by atomic mass is 35.5. The lowest BCUT2D eigenvalue weighted by Crippen LogP contribution is -2.46. The summed E-state index contributed by atoms with van der Waals surface area (Å²) in [4.78, 5) is 24.6. The van der Waals surface area contributed by atoms with Gasteiger partial charge in [0.1, 0.15) is 39.0 Å². The molecule has 2 heterocycles. The average molecular weight is 707 g/mol. The van der Waals surface area contributed by atoms with Crippen LogP contribution in [0.2, 0.25) is 23.3 Å². The van der Waals surface area contributed by atoms with E-state index >= 15 is 4.39 Å². The first-order chi connectivity index (χ1) is 21.6. The molecule has 2 aromatic heterocycles. The van der Waals surface area contributed by atoms with Crippen molar-refractivity contribution in [1.82, 2.24) is 15.0 Å². The predicted octanol–water partition coefficient (Wildman–Crippen LogP) is 8.58. The Hall–Kier alpha value is -3.33. The number of rotatable bonds is 12. The van der Waals surface area contributed by atoms with Crippen LogP contribution >= 0.6 is 11.6 Å². The van der Waals surface area contributed by atoms with E-state index in [-0.39, 0.29) is 27.9 Å². The minimum Gasteiger partial charge on any atom is -0.496 e. The van der Waals surface area contributed by atoms with Gasteiger partial charge in [-0.05, 0) is 64.9 Å². The Bertz CT molecular complexity index is 1660. The number of benzene rings is 1. The quantitative estimate of drug-likeness (QED) is 0.0644. The number of ether oxygens (including phenoxy) is 1. The zero-order chi connectivity index (χ0) is 35.5. The summed E-state index contributed by atoms with van der Waals surface area (Å²) in [6.45, 7) is 19.9. The van der Waals surface area contributed by atoms with Crippen molar-refractivity contribution in [2.24, 2.45) is 4.40 Å². The molecule has 0 amide bonds. The maximum absolute atomic E-state index is 15.5. The monoisotopic (exact) mass is 706 g/mol. The molecule has 15 heteroatoms. The summed E-state index contributed by atoms with van der Waals surface area (Å²) >= 11 is 6.50. The fourth-order valence-corrected chi connectivity index (χ4v) is 6.89. The SMILES string of the molecule is COc1ccnc(Cl)c1[C@@H](CC=NS(=O)C(C)(C)C)Nc1cc(-c2cnc(C(C)(C)O[Si](C)(C)C(C)(C)C)nc2)c(F)cc1[N+](=O)[O-]. The number of halogens is 2. The number of aromatic nitrogens is 3. The standard InChI is InChI=1S/C32H44ClFN6O5SSi/c1-30(2,3)46(43)38-15-12-23(27-26(44-9)13-14-35-28(27)33)39-24-16-21(22(34)17-25(24)40(41)42)20-18-36-29(37-19-20)32(7,8)45-47(10,11)31(4,5)6/h13-19,23,39H,12H2,1-11H3/t23-,46?/m1/s1. The lowest BCUT2D eigenvalue weighted by atomic mass is 10.0. The smallest absolute Gasteiger partial charge is 0.295 e. The van der Waals surface area contributed by atoms with E-state index in [0.29, 0.717) is 22.7 Å². The van der Waals surface area contributed by atoms with Gasteiger partial charge in [0.2, 0.25) is 0 Å². The van der Waals surface area contributed by atoms with Crippen LogP contribution in [0.3, 0.4) is 0 Å². The molecule has 2 atom stereocenters. The van der Waals surface area contributed by atoms with Gasteiger partial charge in [-0.15, -0.1) is 0 Å². The lowest BCUT2D eigenvalue weighted by Gasteiger charge is -2.42.